The molecule has 2 heterocycles. The van der Waals surface area contributed by atoms with Gasteiger partial charge in [-0.2, -0.15) is 0 Å². The third-order valence-electron chi connectivity index (χ3n) is 5.00. The summed E-state index contributed by atoms with van der Waals surface area (Å²) in [6.07, 6.45) is 0. The van der Waals surface area contributed by atoms with Crippen LogP contribution in [0.25, 0.3) is 10.9 Å². The Kier molecular flexibility index (Phi) is 4.82. The van der Waals surface area contributed by atoms with Crippen molar-refractivity contribution in [3.8, 4) is 0 Å². The summed E-state index contributed by atoms with van der Waals surface area (Å²) in [5.41, 5.74) is 9.75. The summed E-state index contributed by atoms with van der Waals surface area (Å²) in [4.78, 5) is 14.1. The molecule has 0 bridgehead atoms. The van der Waals surface area contributed by atoms with Gasteiger partial charge >= 0.3 is 0 Å². The molecule has 2 aromatic carbocycles. The zero-order chi connectivity index (χ0) is 17.9. The van der Waals surface area contributed by atoms with E-state index in [1.54, 1.807) is 0 Å². The minimum absolute atomic E-state index is 0.573. The van der Waals surface area contributed by atoms with E-state index in [-0.39, 0.29) is 0 Å². The molecule has 1 aromatic heterocycles. The Labute approximate surface area is 154 Å². The van der Waals surface area contributed by atoms with Gasteiger partial charge in [-0.05, 0) is 24.6 Å². The number of piperazine rings is 1. The Bertz CT molecular complexity index is 900. The largest absolute Gasteiger partial charge is 0.383 e. The predicted molar refractivity (Wildman–Crippen MR) is 106 cm³/mol. The number of para-hydroxylation sites is 1. The molecule has 0 atom stereocenters. The highest BCUT2D eigenvalue weighted by Gasteiger charge is 2.18. The Morgan fingerprint density at radius 1 is 0.885 bits per heavy atom. The highest BCUT2D eigenvalue weighted by molar-refractivity contribution is 5.87. The molecule has 26 heavy (non-hydrogen) atoms. The number of fused-ring (bicyclic) bond motifs is 1. The number of nitrogens with zero attached hydrogens (tertiary/aromatic N) is 4. The molecule has 0 aliphatic carbocycles. The van der Waals surface area contributed by atoms with Gasteiger partial charge in [0.2, 0.25) is 0 Å². The number of aryl methyl sites for hydroxylation is 1. The summed E-state index contributed by atoms with van der Waals surface area (Å²) in [5.74, 6) is 1.39. The summed E-state index contributed by atoms with van der Waals surface area (Å²) >= 11 is 0. The summed E-state index contributed by atoms with van der Waals surface area (Å²) in [5, 5.41) is 0.930. The van der Waals surface area contributed by atoms with Gasteiger partial charge in [-0.1, -0.05) is 42.0 Å². The van der Waals surface area contributed by atoms with Crippen molar-refractivity contribution in [2.45, 2.75) is 20.0 Å². The standard InChI is InChI=1S/C21H25N5/c1-16-5-4-6-17(13-16)14-25-9-11-26(12-10-25)15-20-23-19-8-3-2-7-18(19)21(22)24-20/h2-8,13H,9-12,14-15H2,1H3,(H2,22,23,24). The van der Waals surface area contributed by atoms with Crippen molar-refractivity contribution in [1.82, 2.24) is 19.8 Å². The predicted octanol–water partition coefficient (Wildman–Crippen LogP) is 2.84. The number of anilines is 1. The summed E-state index contributed by atoms with van der Waals surface area (Å²) in [6, 6.07) is 16.7. The smallest absolute Gasteiger partial charge is 0.145 e. The van der Waals surface area contributed by atoms with E-state index in [0.717, 1.165) is 56.0 Å². The van der Waals surface area contributed by atoms with Crippen molar-refractivity contribution in [2.24, 2.45) is 0 Å². The number of nitrogens with two attached hydrogens (primary N) is 1. The SMILES string of the molecule is Cc1cccc(CN2CCN(Cc3nc(N)c4ccccc4n3)CC2)c1. The molecule has 0 saturated carbocycles. The van der Waals surface area contributed by atoms with Gasteiger partial charge in [-0.25, -0.2) is 9.97 Å². The second-order valence-electron chi connectivity index (χ2n) is 7.08. The fourth-order valence-corrected chi connectivity index (χ4v) is 3.60. The fourth-order valence-electron chi connectivity index (χ4n) is 3.60. The molecular formula is C21H25N5. The first-order chi connectivity index (χ1) is 12.7. The van der Waals surface area contributed by atoms with Gasteiger partial charge in [0.05, 0.1) is 12.1 Å². The van der Waals surface area contributed by atoms with E-state index in [1.165, 1.54) is 11.1 Å². The number of aromatic nitrogens is 2. The number of hydrogen-bond donors (Lipinski definition) is 1. The average Bonchev–Trinajstić information content (AvgIpc) is 2.64. The van der Waals surface area contributed by atoms with E-state index in [9.17, 15) is 0 Å². The summed E-state index contributed by atoms with van der Waals surface area (Å²) in [6.45, 7) is 8.12. The van der Waals surface area contributed by atoms with E-state index in [0.29, 0.717) is 5.82 Å². The lowest BCUT2D eigenvalue weighted by molar-refractivity contribution is 0.120. The topological polar surface area (TPSA) is 58.3 Å². The zero-order valence-electron chi connectivity index (χ0n) is 15.2. The molecule has 0 unspecified atom stereocenters. The molecule has 3 aromatic rings. The maximum absolute atomic E-state index is 6.10. The molecule has 1 saturated heterocycles. The van der Waals surface area contributed by atoms with Crippen LogP contribution in [0.2, 0.25) is 0 Å². The minimum atomic E-state index is 0.573. The lowest BCUT2D eigenvalue weighted by atomic mass is 10.1. The number of rotatable bonds is 4. The Balaban J connectivity index is 1.36. The first-order valence-corrected chi connectivity index (χ1v) is 9.19. The zero-order valence-corrected chi connectivity index (χ0v) is 15.2. The van der Waals surface area contributed by atoms with Crippen molar-refractivity contribution < 1.29 is 0 Å². The van der Waals surface area contributed by atoms with Crippen molar-refractivity contribution >= 4 is 16.7 Å². The summed E-state index contributed by atoms with van der Waals surface area (Å²) in [7, 11) is 0. The van der Waals surface area contributed by atoms with Gasteiger partial charge in [0, 0.05) is 38.1 Å². The van der Waals surface area contributed by atoms with Crippen LogP contribution in [0.15, 0.2) is 48.5 Å². The van der Waals surface area contributed by atoms with Gasteiger partial charge in [0.1, 0.15) is 11.6 Å². The molecule has 2 N–H and O–H groups in total. The Hall–Kier alpha value is -2.50. The first-order valence-electron chi connectivity index (χ1n) is 9.19. The van der Waals surface area contributed by atoms with E-state index in [4.69, 9.17) is 5.73 Å². The van der Waals surface area contributed by atoms with Gasteiger partial charge in [-0.3, -0.25) is 9.80 Å². The van der Waals surface area contributed by atoms with Crippen molar-refractivity contribution in [3.05, 3.63) is 65.5 Å². The van der Waals surface area contributed by atoms with E-state index in [2.05, 4.69) is 51.0 Å². The molecule has 5 nitrogen and oxygen atoms in total. The monoisotopic (exact) mass is 347 g/mol. The van der Waals surface area contributed by atoms with Crippen LogP contribution in [0.1, 0.15) is 17.0 Å². The molecule has 1 aliphatic heterocycles. The van der Waals surface area contributed by atoms with Crippen molar-refractivity contribution in [3.63, 3.8) is 0 Å². The first kappa shape index (κ1) is 16.9. The quantitative estimate of drug-likeness (QED) is 0.786. The second-order valence-corrected chi connectivity index (χ2v) is 7.08. The highest BCUT2D eigenvalue weighted by atomic mass is 15.3. The van der Waals surface area contributed by atoms with E-state index in [1.807, 2.05) is 24.3 Å². The molecule has 134 valence electrons. The summed E-state index contributed by atoms with van der Waals surface area (Å²) < 4.78 is 0. The van der Waals surface area contributed by atoms with Crippen LogP contribution in [-0.4, -0.2) is 45.9 Å². The molecule has 4 rings (SSSR count). The van der Waals surface area contributed by atoms with Gasteiger partial charge in [0.15, 0.2) is 0 Å². The average molecular weight is 347 g/mol. The molecule has 5 heteroatoms. The second kappa shape index (κ2) is 7.40. The lowest BCUT2D eigenvalue weighted by Crippen LogP contribution is -2.45. The molecule has 1 fully saturated rings. The van der Waals surface area contributed by atoms with Crippen LogP contribution in [0.4, 0.5) is 5.82 Å². The highest BCUT2D eigenvalue weighted by Crippen LogP contribution is 2.18. The maximum atomic E-state index is 6.10. The van der Waals surface area contributed by atoms with Crippen molar-refractivity contribution in [1.29, 1.82) is 0 Å². The van der Waals surface area contributed by atoms with Gasteiger partial charge < -0.3 is 5.73 Å². The van der Waals surface area contributed by atoms with Gasteiger partial charge in [0.25, 0.3) is 0 Å². The van der Waals surface area contributed by atoms with E-state index < -0.39 is 0 Å². The van der Waals surface area contributed by atoms with Crippen LogP contribution in [-0.2, 0) is 13.1 Å². The Morgan fingerprint density at radius 3 is 2.38 bits per heavy atom. The minimum Gasteiger partial charge on any atom is -0.383 e. The van der Waals surface area contributed by atoms with Crippen LogP contribution in [0.5, 0.6) is 0 Å². The van der Waals surface area contributed by atoms with Crippen LogP contribution in [0, 0.1) is 6.92 Å². The third kappa shape index (κ3) is 3.84. The van der Waals surface area contributed by atoms with Crippen LogP contribution < -0.4 is 5.73 Å². The molecule has 1 aliphatic rings. The number of benzene rings is 2. The van der Waals surface area contributed by atoms with Crippen LogP contribution in [0.3, 0.4) is 0 Å². The molecular weight excluding hydrogens is 322 g/mol. The molecule has 0 amide bonds. The van der Waals surface area contributed by atoms with Crippen LogP contribution >= 0.6 is 0 Å². The molecule has 0 spiro atoms. The fraction of sp³-hybridized carbons (Fsp3) is 0.333. The third-order valence-corrected chi connectivity index (χ3v) is 5.00. The number of nitrogen functional groups attached to an aromatic ring is 1. The van der Waals surface area contributed by atoms with Gasteiger partial charge in [-0.15, -0.1) is 0 Å². The maximum Gasteiger partial charge on any atom is 0.145 e. The van der Waals surface area contributed by atoms with E-state index >= 15 is 0 Å². The normalized spacial score (nSPS) is 16.2. The molecule has 0 radical (unpaired) electrons. The van der Waals surface area contributed by atoms with Crippen molar-refractivity contribution in [2.75, 3.05) is 31.9 Å². The number of hydrogen-bond acceptors (Lipinski definition) is 5. The Morgan fingerprint density at radius 2 is 1.62 bits per heavy atom. The lowest BCUT2D eigenvalue weighted by Gasteiger charge is -2.34.